The average Bonchev–Trinajstić information content (AvgIpc) is 2.28. The van der Waals surface area contributed by atoms with Gasteiger partial charge in [0.15, 0.2) is 0 Å². The summed E-state index contributed by atoms with van der Waals surface area (Å²) < 4.78 is 5.38. The van der Waals surface area contributed by atoms with Crippen molar-refractivity contribution in [1.82, 2.24) is 9.88 Å². The molecule has 1 aromatic rings. The number of aliphatic hydroxyl groups is 1. The van der Waals surface area contributed by atoms with Crippen LogP contribution in [0.4, 0.5) is 0 Å². The SMILES string of the molecule is CCOc1cncc(C(O)C(C)(C)N(C)C)c1. The maximum absolute atomic E-state index is 10.4. The Labute approximate surface area is 103 Å². The highest BCUT2D eigenvalue weighted by molar-refractivity contribution is 5.26. The number of aliphatic hydroxyl groups excluding tert-OH is 1. The number of ether oxygens (including phenoxy) is 1. The van der Waals surface area contributed by atoms with Gasteiger partial charge in [0, 0.05) is 17.3 Å². The number of rotatable bonds is 5. The summed E-state index contributed by atoms with van der Waals surface area (Å²) in [6, 6.07) is 1.84. The molecule has 0 aliphatic rings. The Morgan fingerprint density at radius 3 is 2.59 bits per heavy atom. The quantitative estimate of drug-likeness (QED) is 0.850. The topological polar surface area (TPSA) is 45.6 Å². The summed E-state index contributed by atoms with van der Waals surface area (Å²) in [7, 11) is 3.89. The minimum Gasteiger partial charge on any atom is -0.492 e. The monoisotopic (exact) mass is 238 g/mol. The Morgan fingerprint density at radius 2 is 2.06 bits per heavy atom. The highest BCUT2D eigenvalue weighted by Crippen LogP contribution is 2.30. The van der Waals surface area contributed by atoms with Crippen molar-refractivity contribution in [3.63, 3.8) is 0 Å². The van der Waals surface area contributed by atoms with Gasteiger partial charge in [-0.25, -0.2) is 0 Å². The van der Waals surface area contributed by atoms with Crippen molar-refractivity contribution in [3.8, 4) is 5.75 Å². The molecule has 4 nitrogen and oxygen atoms in total. The van der Waals surface area contributed by atoms with Crippen LogP contribution in [0.1, 0.15) is 32.4 Å². The second kappa shape index (κ2) is 5.47. The van der Waals surface area contributed by atoms with Gasteiger partial charge in [-0.3, -0.25) is 4.98 Å². The van der Waals surface area contributed by atoms with E-state index in [-0.39, 0.29) is 5.54 Å². The van der Waals surface area contributed by atoms with E-state index in [0.717, 1.165) is 5.56 Å². The molecule has 1 atom stereocenters. The van der Waals surface area contributed by atoms with Crippen molar-refractivity contribution in [2.45, 2.75) is 32.4 Å². The summed E-state index contributed by atoms with van der Waals surface area (Å²) in [6.45, 7) is 6.50. The molecular weight excluding hydrogens is 216 g/mol. The molecule has 4 heteroatoms. The first kappa shape index (κ1) is 13.9. The van der Waals surface area contributed by atoms with Crippen molar-refractivity contribution < 1.29 is 9.84 Å². The van der Waals surface area contributed by atoms with Crippen molar-refractivity contribution in [1.29, 1.82) is 0 Å². The minimum atomic E-state index is -0.606. The highest BCUT2D eigenvalue weighted by Gasteiger charge is 2.31. The zero-order valence-electron chi connectivity index (χ0n) is 11.3. The van der Waals surface area contributed by atoms with Crippen LogP contribution in [-0.2, 0) is 0 Å². The second-order valence-corrected chi connectivity index (χ2v) is 4.84. The first-order chi connectivity index (χ1) is 7.89. The maximum Gasteiger partial charge on any atom is 0.137 e. The summed E-state index contributed by atoms with van der Waals surface area (Å²) >= 11 is 0. The molecule has 0 amide bonds. The molecule has 1 rings (SSSR count). The van der Waals surface area contributed by atoms with E-state index >= 15 is 0 Å². The summed E-state index contributed by atoms with van der Waals surface area (Å²) in [5.74, 6) is 0.693. The smallest absolute Gasteiger partial charge is 0.137 e. The Bertz CT molecular complexity index is 364. The van der Waals surface area contributed by atoms with Crippen LogP contribution in [0, 0.1) is 0 Å². The van der Waals surface area contributed by atoms with E-state index < -0.39 is 6.10 Å². The molecule has 0 saturated heterocycles. The zero-order chi connectivity index (χ0) is 13.1. The van der Waals surface area contributed by atoms with E-state index in [1.165, 1.54) is 0 Å². The summed E-state index contributed by atoms with van der Waals surface area (Å²) in [6.07, 6.45) is 2.73. The minimum absolute atomic E-state index is 0.355. The summed E-state index contributed by atoms with van der Waals surface area (Å²) in [5.41, 5.74) is 0.418. The van der Waals surface area contributed by atoms with Crippen LogP contribution in [0.15, 0.2) is 18.5 Å². The molecule has 0 saturated carbocycles. The number of pyridine rings is 1. The Morgan fingerprint density at radius 1 is 1.41 bits per heavy atom. The van der Waals surface area contributed by atoms with Gasteiger partial charge in [0.25, 0.3) is 0 Å². The molecule has 0 spiro atoms. The Kier molecular flexibility index (Phi) is 4.48. The molecule has 0 aliphatic carbocycles. The van der Waals surface area contributed by atoms with Crippen molar-refractivity contribution in [2.24, 2.45) is 0 Å². The van der Waals surface area contributed by atoms with Crippen molar-refractivity contribution in [3.05, 3.63) is 24.0 Å². The Balaban J connectivity index is 2.96. The third-order valence-corrected chi connectivity index (χ3v) is 3.18. The summed E-state index contributed by atoms with van der Waals surface area (Å²) in [5, 5.41) is 10.4. The van der Waals surface area contributed by atoms with Gasteiger partial charge in [0.1, 0.15) is 5.75 Å². The number of likely N-dealkylation sites (N-methyl/N-ethyl adjacent to an activating group) is 1. The van der Waals surface area contributed by atoms with Gasteiger partial charge in [-0.05, 0) is 40.9 Å². The van der Waals surface area contributed by atoms with E-state index in [4.69, 9.17) is 4.74 Å². The molecule has 17 heavy (non-hydrogen) atoms. The lowest BCUT2D eigenvalue weighted by Crippen LogP contribution is -2.43. The van der Waals surface area contributed by atoms with Gasteiger partial charge in [0.2, 0.25) is 0 Å². The lowest BCUT2D eigenvalue weighted by Gasteiger charge is -2.37. The predicted octanol–water partition coefficient (Wildman–Crippen LogP) is 1.85. The molecule has 1 heterocycles. The third kappa shape index (κ3) is 3.17. The van der Waals surface area contributed by atoms with Gasteiger partial charge in [-0.15, -0.1) is 0 Å². The highest BCUT2D eigenvalue weighted by atomic mass is 16.5. The van der Waals surface area contributed by atoms with Crippen LogP contribution in [0.2, 0.25) is 0 Å². The third-order valence-electron chi connectivity index (χ3n) is 3.18. The van der Waals surface area contributed by atoms with Gasteiger partial charge < -0.3 is 14.7 Å². The number of hydrogen-bond donors (Lipinski definition) is 1. The molecule has 1 aromatic heterocycles. The van der Waals surface area contributed by atoms with Crippen LogP contribution >= 0.6 is 0 Å². The van der Waals surface area contributed by atoms with Gasteiger partial charge >= 0.3 is 0 Å². The number of hydrogen-bond acceptors (Lipinski definition) is 4. The summed E-state index contributed by atoms with van der Waals surface area (Å²) in [4.78, 5) is 6.08. The van der Waals surface area contributed by atoms with E-state index in [1.54, 1.807) is 12.4 Å². The van der Waals surface area contributed by atoms with Crippen molar-refractivity contribution >= 4 is 0 Å². The molecular formula is C13H22N2O2. The largest absolute Gasteiger partial charge is 0.492 e. The first-order valence-corrected chi connectivity index (χ1v) is 5.82. The molecule has 1 N–H and O–H groups in total. The number of aromatic nitrogens is 1. The van der Waals surface area contributed by atoms with Gasteiger partial charge in [0.05, 0.1) is 18.9 Å². The van der Waals surface area contributed by atoms with Crippen LogP contribution in [0.3, 0.4) is 0 Å². The van der Waals surface area contributed by atoms with Gasteiger partial charge in [-0.2, -0.15) is 0 Å². The van der Waals surface area contributed by atoms with E-state index in [1.807, 2.05) is 45.8 Å². The molecule has 96 valence electrons. The standard InChI is InChI=1S/C13H22N2O2/c1-6-17-11-7-10(8-14-9-11)12(16)13(2,3)15(4)5/h7-9,12,16H,6H2,1-5H3. The van der Waals surface area contributed by atoms with Gasteiger partial charge in [-0.1, -0.05) is 0 Å². The molecule has 0 radical (unpaired) electrons. The zero-order valence-corrected chi connectivity index (χ0v) is 11.3. The lowest BCUT2D eigenvalue weighted by atomic mass is 9.91. The number of nitrogens with zero attached hydrogens (tertiary/aromatic N) is 2. The van der Waals surface area contributed by atoms with E-state index in [2.05, 4.69) is 4.98 Å². The van der Waals surface area contributed by atoms with Crippen LogP contribution < -0.4 is 4.74 Å². The molecule has 0 aliphatic heterocycles. The lowest BCUT2D eigenvalue weighted by molar-refractivity contribution is 0.0160. The fourth-order valence-corrected chi connectivity index (χ4v) is 1.48. The normalized spacial score (nSPS) is 13.8. The molecule has 0 aromatic carbocycles. The first-order valence-electron chi connectivity index (χ1n) is 5.82. The Hall–Kier alpha value is -1.13. The maximum atomic E-state index is 10.4. The predicted molar refractivity (Wildman–Crippen MR) is 68.1 cm³/mol. The fraction of sp³-hybridized carbons (Fsp3) is 0.615. The molecule has 1 unspecified atom stereocenters. The second-order valence-electron chi connectivity index (χ2n) is 4.84. The molecule has 0 bridgehead atoms. The van der Waals surface area contributed by atoms with Crippen LogP contribution in [0.5, 0.6) is 5.75 Å². The molecule has 0 fully saturated rings. The van der Waals surface area contributed by atoms with E-state index in [0.29, 0.717) is 12.4 Å². The van der Waals surface area contributed by atoms with E-state index in [9.17, 15) is 5.11 Å². The average molecular weight is 238 g/mol. The fourth-order valence-electron chi connectivity index (χ4n) is 1.48. The van der Waals surface area contributed by atoms with Crippen LogP contribution in [-0.4, -0.2) is 41.2 Å². The van der Waals surface area contributed by atoms with Crippen LogP contribution in [0.25, 0.3) is 0 Å². The van der Waals surface area contributed by atoms with Crippen molar-refractivity contribution in [2.75, 3.05) is 20.7 Å².